The highest BCUT2D eigenvalue weighted by Gasteiger charge is 2.21. The quantitative estimate of drug-likeness (QED) is 0.100. The number of ether oxygens (including phenoxy) is 2. The lowest BCUT2D eigenvalue weighted by Crippen LogP contribution is -2.28. The topological polar surface area (TPSA) is 168 Å². The SMILES string of the molecule is CC.CC(C)C/C=C\CCCC(=O)OC(=O)C(O)CO.CC/C=C\CCCC(=O)OC(=O)C(CO)CO. The van der Waals surface area contributed by atoms with Crippen molar-refractivity contribution in [3.63, 3.8) is 0 Å². The van der Waals surface area contributed by atoms with E-state index in [1.54, 1.807) is 0 Å². The van der Waals surface area contributed by atoms with E-state index in [2.05, 4.69) is 29.4 Å². The first-order chi connectivity index (χ1) is 17.6. The first-order valence-electron chi connectivity index (χ1n) is 12.9. The lowest BCUT2D eigenvalue weighted by molar-refractivity contribution is -0.168. The summed E-state index contributed by atoms with van der Waals surface area (Å²) in [4.78, 5) is 44.4. The number of esters is 4. The van der Waals surface area contributed by atoms with E-state index in [9.17, 15) is 19.2 Å². The Hall–Kier alpha value is -2.40. The van der Waals surface area contributed by atoms with Gasteiger partial charge in [-0.05, 0) is 44.4 Å². The largest absolute Gasteiger partial charge is 0.395 e. The van der Waals surface area contributed by atoms with Crippen LogP contribution in [0, 0.1) is 11.8 Å². The molecule has 0 aromatic heterocycles. The van der Waals surface area contributed by atoms with E-state index in [4.69, 9.17) is 20.4 Å². The zero-order valence-electron chi connectivity index (χ0n) is 23.1. The Morgan fingerprint density at radius 1 is 0.730 bits per heavy atom. The van der Waals surface area contributed by atoms with Crippen LogP contribution in [0.4, 0.5) is 0 Å². The molecule has 0 saturated carbocycles. The van der Waals surface area contributed by atoms with Crippen LogP contribution in [0.5, 0.6) is 0 Å². The fraction of sp³-hybridized carbons (Fsp3) is 0.704. The molecule has 0 heterocycles. The van der Waals surface area contributed by atoms with E-state index in [1.807, 2.05) is 39.0 Å². The Kier molecular flexibility index (Phi) is 29.8. The van der Waals surface area contributed by atoms with Crippen LogP contribution in [0.2, 0.25) is 0 Å². The molecule has 0 fully saturated rings. The zero-order chi connectivity index (χ0) is 29.1. The third kappa shape index (κ3) is 26.5. The summed E-state index contributed by atoms with van der Waals surface area (Å²) in [7, 11) is 0. The number of aliphatic hydroxyl groups is 4. The number of hydrogen-bond acceptors (Lipinski definition) is 10. The minimum Gasteiger partial charge on any atom is -0.395 e. The third-order valence-corrected chi connectivity index (χ3v) is 4.33. The van der Waals surface area contributed by atoms with Gasteiger partial charge in [-0.25, -0.2) is 4.79 Å². The molecule has 1 unspecified atom stereocenters. The molecule has 37 heavy (non-hydrogen) atoms. The molecule has 0 aromatic carbocycles. The van der Waals surface area contributed by atoms with Gasteiger partial charge in [-0.1, -0.05) is 58.9 Å². The van der Waals surface area contributed by atoms with Crippen molar-refractivity contribution in [3.05, 3.63) is 24.3 Å². The fourth-order valence-corrected chi connectivity index (χ4v) is 2.26. The highest BCUT2D eigenvalue weighted by Crippen LogP contribution is 2.05. The van der Waals surface area contributed by atoms with Crippen molar-refractivity contribution in [1.82, 2.24) is 0 Å². The van der Waals surface area contributed by atoms with Crippen LogP contribution in [0.25, 0.3) is 0 Å². The highest BCUT2D eigenvalue weighted by atomic mass is 16.6. The number of aliphatic hydroxyl groups excluding tert-OH is 4. The van der Waals surface area contributed by atoms with Gasteiger partial charge < -0.3 is 29.9 Å². The molecule has 4 N–H and O–H groups in total. The van der Waals surface area contributed by atoms with Gasteiger partial charge in [-0.3, -0.25) is 14.4 Å². The van der Waals surface area contributed by atoms with E-state index in [0.29, 0.717) is 18.8 Å². The summed E-state index contributed by atoms with van der Waals surface area (Å²) in [5, 5.41) is 34.7. The van der Waals surface area contributed by atoms with Crippen molar-refractivity contribution >= 4 is 23.9 Å². The molecule has 10 heteroatoms. The van der Waals surface area contributed by atoms with Gasteiger partial charge in [0.25, 0.3) is 0 Å². The zero-order valence-corrected chi connectivity index (χ0v) is 23.1. The highest BCUT2D eigenvalue weighted by molar-refractivity contribution is 5.88. The maximum Gasteiger partial charge on any atom is 0.345 e. The Morgan fingerprint density at radius 2 is 1.19 bits per heavy atom. The minimum absolute atomic E-state index is 0.121. The van der Waals surface area contributed by atoms with Crippen molar-refractivity contribution in [2.75, 3.05) is 19.8 Å². The van der Waals surface area contributed by atoms with Crippen LogP contribution in [0.1, 0.15) is 86.0 Å². The number of hydrogen-bond donors (Lipinski definition) is 4. The second-order valence-electron chi connectivity index (χ2n) is 8.11. The summed E-state index contributed by atoms with van der Waals surface area (Å²) in [6, 6.07) is 0. The van der Waals surface area contributed by atoms with Gasteiger partial charge in [0.15, 0.2) is 6.10 Å². The van der Waals surface area contributed by atoms with Crippen molar-refractivity contribution in [2.45, 2.75) is 92.1 Å². The first kappa shape index (κ1) is 39.1. The molecule has 0 rings (SSSR count). The van der Waals surface area contributed by atoms with Crippen molar-refractivity contribution in [2.24, 2.45) is 11.8 Å². The van der Waals surface area contributed by atoms with Gasteiger partial charge in [0.1, 0.15) is 5.92 Å². The Morgan fingerprint density at radius 3 is 1.59 bits per heavy atom. The molecule has 0 bridgehead atoms. The van der Waals surface area contributed by atoms with Crippen LogP contribution in [0.3, 0.4) is 0 Å². The third-order valence-electron chi connectivity index (χ3n) is 4.33. The van der Waals surface area contributed by atoms with Crippen molar-refractivity contribution in [3.8, 4) is 0 Å². The number of unbranched alkanes of at least 4 members (excludes halogenated alkanes) is 2. The number of carbonyl (C=O) groups is 4. The van der Waals surface area contributed by atoms with E-state index in [-0.39, 0.29) is 12.8 Å². The summed E-state index contributed by atoms with van der Waals surface area (Å²) in [6.45, 7) is 8.47. The van der Waals surface area contributed by atoms with Gasteiger partial charge in [0.05, 0.1) is 19.8 Å². The second-order valence-corrected chi connectivity index (χ2v) is 8.11. The Labute approximate surface area is 221 Å². The lowest BCUT2D eigenvalue weighted by atomic mass is 10.1. The predicted octanol–water partition coefficient (Wildman–Crippen LogP) is 3.00. The van der Waals surface area contributed by atoms with Crippen LogP contribution in [-0.4, -0.2) is 70.2 Å². The van der Waals surface area contributed by atoms with Crippen molar-refractivity contribution < 1.29 is 49.1 Å². The molecule has 0 saturated heterocycles. The lowest BCUT2D eigenvalue weighted by Gasteiger charge is -2.08. The molecular formula is C27H48O10. The van der Waals surface area contributed by atoms with Gasteiger partial charge in [0.2, 0.25) is 0 Å². The van der Waals surface area contributed by atoms with Crippen LogP contribution in [-0.2, 0) is 28.7 Å². The Bertz CT molecular complexity index is 652. The standard InChI is InChI=1S/C13H22O5.C12H20O5.C2H6/c1-10(2)7-5-3-4-6-8-12(16)18-13(17)11(15)9-14;1-2-3-4-5-6-7-11(15)17-12(16)10(8-13)9-14;1-2/h3,5,10-11,14-15H,4,6-9H2,1-2H3;3-4,10,13-14H,2,5-9H2,1H3;1-2H3/b5-3-;4-3-;. The molecule has 0 radical (unpaired) electrons. The number of rotatable bonds is 16. The van der Waals surface area contributed by atoms with Crippen LogP contribution < -0.4 is 0 Å². The monoisotopic (exact) mass is 532 g/mol. The Balaban J connectivity index is -0.000000586. The maximum absolute atomic E-state index is 11.2. The second kappa shape index (κ2) is 28.2. The van der Waals surface area contributed by atoms with E-state index in [1.165, 1.54) is 0 Å². The van der Waals surface area contributed by atoms with Crippen molar-refractivity contribution in [1.29, 1.82) is 0 Å². The molecule has 10 nitrogen and oxygen atoms in total. The summed E-state index contributed by atoms with van der Waals surface area (Å²) in [5.41, 5.74) is 0. The first-order valence-corrected chi connectivity index (χ1v) is 12.9. The molecule has 0 aromatic rings. The number of carbonyl (C=O) groups excluding carboxylic acids is 4. The van der Waals surface area contributed by atoms with Crippen LogP contribution in [0.15, 0.2) is 24.3 Å². The van der Waals surface area contributed by atoms with Gasteiger partial charge in [-0.15, -0.1) is 0 Å². The summed E-state index contributed by atoms with van der Waals surface area (Å²) in [6.07, 6.45) is 11.4. The number of allylic oxidation sites excluding steroid dienone is 4. The average molecular weight is 533 g/mol. The van der Waals surface area contributed by atoms with E-state index < -0.39 is 55.7 Å². The molecule has 0 amide bonds. The summed E-state index contributed by atoms with van der Waals surface area (Å²) >= 11 is 0. The normalized spacial score (nSPS) is 11.5. The molecule has 216 valence electrons. The molecule has 1 atom stereocenters. The van der Waals surface area contributed by atoms with Crippen LogP contribution >= 0.6 is 0 Å². The average Bonchev–Trinajstić information content (AvgIpc) is 2.87. The summed E-state index contributed by atoms with van der Waals surface area (Å²) < 4.78 is 8.81. The minimum atomic E-state index is -1.64. The molecular weight excluding hydrogens is 484 g/mol. The van der Waals surface area contributed by atoms with Gasteiger partial charge in [0, 0.05) is 12.8 Å². The molecule has 0 aliphatic rings. The predicted molar refractivity (Wildman–Crippen MR) is 140 cm³/mol. The fourth-order valence-electron chi connectivity index (χ4n) is 2.26. The molecule has 0 aliphatic heterocycles. The van der Waals surface area contributed by atoms with Gasteiger partial charge in [-0.2, -0.15) is 0 Å². The smallest absolute Gasteiger partial charge is 0.345 e. The van der Waals surface area contributed by atoms with E-state index >= 15 is 0 Å². The maximum atomic E-state index is 11.2. The summed E-state index contributed by atoms with van der Waals surface area (Å²) in [5.74, 6) is -3.68. The van der Waals surface area contributed by atoms with E-state index in [0.717, 1.165) is 25.7 Å². The molecule has 0 aliphatic carbocycles. The van der Waals surface area contributed by atoms with Gasteiger partial charge >= 0.3 is 23.9 Å². The molecule has 0 spiro atoms.